The van der Waals surface area contributed by atoms with E-state index in [2.05, 4.69) is 79.4 Å². The first-order valence-corrected chi connectivity index (χ1v) is 24.1. The second-order valence-electron chi connectivity index (χ2n) is 18.1. The Morgan fingerprint density at radius 1 is 0.928 bits per heavy atom. The molecular formula is C53H63N9O7. The minimum absolute atomic E-state index is 0.0229. The summed E-state index contributed by atoms with van der Waals surface area (Å²) in [6.07, 6.45) is 9.00. The molecular weight excluding hydrogens is 875 g/mol. The van der Waals surface area contributed by atoms with Gasteiger partial charge in [-0.25, -0.2) is 19.7 Å². The average Bonchev–Trinajstić information content (AvgIpc) is 4.17. The molecule has 2 aliphatic heterocycles. The summed E-state index contributed by atoms with van der Waals surface area (Å²) < 4.78 is 14.6. The van der Waals surface area contributed by atoms with Gasteiger partial charge < -0.3 is 45.0 Å². The summed E-state index contributed by atoms with van der Waals surface area (Å²) in [5, 5.41) is 9.94. The van der Waals surface area contributed by atoms with Crippen LogP contribution in [0.1, 0.15) is 92.9 Å². The molecule has 3 aliphatic rings. The van der Waals surface area contributed by atoms with Crippen LogP contribution in [0, 0.1) is 5.92 Å². The molecule has 3 aromatic carbocycles. The summed E-state index contributed by atoms with van der Waals surface area (Å²) in [6, 6.07) is 25.5. The van der Waals surface area contributed by atoms with Gasteiger partial charge in [-0.2, -0.15) is 0 Å². The molecule has 0 saturated carbocycles. The first-order chi connectivity index (χ1) is 33.6. The second-order valence-corrected chi connectivity index (χ2v) is 18.1. The van der Waals surface area contributed by atoms with E-state index in [1.165, 1.54) is 12.7 Å². The Bertz CT molecular complexity index is 2710. The van der Waals surface area contributed by atoms with Crippen molar-refractivity contribution in [2.24, 2.45) is 5.92 Å². The maximum atomic E-state index is 13.7. The average molecular weight is 938 g/mol. The van der Waals surface area contributed by atoms with Gasteiger partial charge in [-0.3, -0.25) is 14.4 Å². The molecule has 3 amide bonds. The smallest absolute Gasteiger partial charge is 0.407 e. The van der Waals surface area contributed by atoms with Gasteiger partial charge in [0.15, 0.2) is 0 Å². The largest absolute Gasteiger partial charge is 0.464 e. The van der Waals surface area contributed by atoms with E-state index in [0.29, 0.717) is 19.6 Å². The van der Waals surface area contributed by atoms with E-state index in [1.807, 2.05) is 55.3 Å². The number of amides is 3. The number of unbranched alkanes of at least 4 members (excludes halogenated alkanes) is 1. The summed E-state index contributed by atoms with van der Waals surface area (Å²) >= 11 is 0. The summed E-state index contributed by atoms with van der Waals surface area (Å²) in [7, 11) is 3.11. The number of likely N-dealkylation sites (N-methyl/N-ethyl adjacent to an activating group) is 1. The molecule has 3 unspecified atom stereocenters. The van der Waals surface area contributed by atoms with Gasteiger partial charge in [0.1, 0.15) is 29.8 Å². The van der Waals surface area contributed by atoms with Gasteiger partial charge in [-0.15, -0.1) is 0 Å². The molecule has 3 aromatic heterocycles. The van der Waals surface area contributed by atoms with E-state index in [9.17, 15) is 19.2 Å². The fourth-order valence-corrected chi connectivity index (χ4v) is 9.44. The third-order valence-corrected chi connectivity index (χ3v) is 13.2. The summed E-state index contributed by atoms with van der Waals surface area (Å²) in [5.74, 6) is 1.49. The normalized spacial score (nSPS) is 16.4. The molecule has 2 saturated heterocycles. The first kappa shape index (κ1) is 48.5. The molecule has 9 rings (SSSR count). The highest BCUT2D eigenvalue weighted by molar-refractivity contribution is 5.88. The number of imidazole rings is 2. The van der Waals surface area contributed by atoms with Crippen LogP contribution in [0.5, 0.6) is 0 Å². The van der Waals surface area contributed by atoms with Crippen molar-refractivity contribution in [1.82, 2.24) is 45.8 Å². The number of aryl methyl sites for hydroxylation is 3. The Hall–Kier alpha value is -6.91. The van der Waals surface area contributed by atoms with Crippen LogP contribution in [0.25, 0.3) is 44.7 Å². The van der Waals surface area contributed by atoms with Crippen molar-refractivity contribution >= 4 is 35.3 Å². The van der Waals surface area contributed by atoms with Crippen LogP contribution < -0.4 is 16.0 Å². The van der Waals surface area contributed by atoms with Crippen molar-refractivity contribution in [3.63, 3.8) is 0 Å². The minimum atomic E-state index is -0.676. The summed E-state index contributed by atoms with van der Waals surface area (Å²) in [6.45, 7) is 7.02. The van der Waals surface area contributed by atoms with Crippen molar-refractivity contribution in [3.8, 4) is 33.8 Å². The number of methoxy groups -OCH3 is 1. The number of hydrogen-bond acceptors (Lipinski definition) is 11. The van der Waals surface area contributed by atoms with E-state index in [1.54, 1.807) is 7.05 Å². The van der Waals surface area contributed by atoms with E-state index < -0.39 is 12.1 Å². The molecule has 0 spiro atoms. The fourth-order valence-electron chi connectivity index (χ4n) is 9.44. The lowest BCUT2D eigenvalue weighted by Gasteiger charge is -2.30. The molecule has 16 heteroatoms. The lowest BCUT2D eigenvalue weighted by Crippen LogP contribution is -2.51. The molecule has 5 heterocycles. The molecule has 2 fully saturated rings. The van der Waals surface area contributed by atoms with Gasteiger partial charge in [-0.1, -0.05) is 68.4 Å². The monoisotopic (exact) mass is 937 g/mol. The second kappa shape index (κ2) is 22.9. The van der Waals surface area contributed by atoms with Crippen LogP contribution in [-0.2, 0) is 47.9 Å². The third-order valence-electron chi connectivity index (χ3n) is 13.2. The Morgan fingerprint density at radius 2 is 1.74 bits per heavy atom. The van der Waals surface area contributed by atoms with Gasteiger partial charge in [0.25, 0.3) is 6.47 Å². The Labute approximate surface area is 402 Å². The Morgan fingerprint density at radius 3 is 2.51 bits per heavy atom. The topological polar surface area (TPSA) is 206 Å². The van der Waals surface area contributed by atoms with Gasteiger partial charge >= 0.3 is 6.09 Å². The highest BCUT2D eigenvalue weighted by Crippen LogP contribution is 2.39. The lowest BCUT2D eigenvalue weighted by atomic mass is 9.90. The van der Waals surface area contributed by atoms with Crippen LogP contribution in [0.15, 0.2) is 85.1 Å². The van der Waals surface area contributed by atoms with Crippen LogP contribution >= 0.6 is 0 Å². The standard InChI is InChI=1S/C47H53N9O4.C6H10O3/c1-28(2)41(55-47(59)60-4)46(58)56-24-10-13-39(56)44-53-37-22-16-30-25-31(15-19-34(30)43(37)54-44)35-20-17-32-26-33(18-21-36(32)51-35)38-27-50-40(52-38)14-8-9-23-49-45(57)42(48-3)29-11-6-5-7-12-29;7-5-9-6-1-3-8-4-2-6/h5-7,11-12,15,17-21,25-28,39,41-42,48H,8-10,13-14,16,22-24H2,1-4H3,(H,49,57)(H,50,52)(H,53,54)(H,55,59);5-6H,1-4H2. The maximum absolute atomic E-state index is 13.7. The molecule has 0 bridgehead atoms. The van der Waals surface area contributed by atoms with Crippen LogP contribution in [0.4, 0.5) is 4.79 Å². The fraction of sp³-hybridized carbons (Fsp3) is 0.415. The Balaban J connectivity index is 0.000000641. The number of fused-ring (bicyclic) bond motifs is 4. The quantitative estimate of drug-likeness (QED) is 0.0473. The summed E-state index contributed by atoms with van der Waals surface area (Å²) in [4.78, 5) is 72.0. The van der Waals surface area contributed by atoms with Crippen molar-refractivity contribution in [3.05, 3.63) is 114 Å². The highest BCUT2D eigenvalue weighted by Gasteiger charge is 2.38. The third kappa shape index (κ3) is 11.7. The van der Waals surface area contributed by atoms with Crippen LogP contribution in [0.3, 0.4) is 0 Å². The maximum Gasteiger partial charge on any atom is 0.407 e. The highest BCUT2D eigenvalue weighted by atomic mass is 16.5. The van der Waals surface area contributed by atoms with Crippen LogP contribution in [0.2, 0.25) is 0 Å². The number of hydrogen-bond donors (Lipinski definition) is 5. The van der Waals surface area contributed by atoms with E-state index >= 15 is 0 Å². The number of alkyl carbamates (subject to hydrolysis) is 1. The van der Waals surface area contributed by atoms with E-state index in [0.717, 1.165) is 139 Å². The van der Waals surface area contributed by atoms with Gasteiger partial charge in [-0.05, 0) is 86.9 Å². The van der Waals surface area contributed by atoms with Gasteiger partial charge in [0, 0.05) is 60.1 Å². The van der Waals surface area contributed by atoms with Gasteiger partial charge in [0.2, 0.25) is 11.8 Å². The molecule has 3 atom stereocenters. The lowest BCUT2D eigenvalue weighted by molar-refractivity contribution is -0.137. The number of aromatic amines is 2. The number of H-pyrrole nitrogens is 2. The number of carbonyl (C=O) groups excluding carboxylic acids is 4. The zero-order chi connectivity index (χ0) is 48.3. The van der Waals surface area contributed by atoms with Crippen molar-refractivity contribution in [2.45, 2.75) is 95.9 Å². The van der Waals surface area contributed by atoms with Crippen molar-refractivity contribution in [2.75, 3.05) is 40.5 Å². The molecule has 6 aromatic rings. The van der Waals surface area contributed by atoms with Crippen molar-refractivity contribution < 1.29 is 33.4 Å². The predicted molar refractivity (Wildman–Crippen MR) is 263 cm³/mol. The van der Waals surface area contributed by atoms with Crippen molar-refractivity contribution in [1.29, 1.82) is 0 Å². The first-order valence-electron chi connectivity index (χ1n) is 24.1. The number of pyridine rings is 1. The molecule has 16 nitrogen and oxygen atoms in total. The van der Waals surface area contributed by atoms with Gasteiger partial charge in [0.05, 0.1) is 55.2 Å². The zero-order valence-electron chi connectivity index (χ0n) is 39.9. The predicted octanol–water partition coefficient (Wildman–Crippen LogP) is 7.56. The molecule has 1 aliphatic carbocycles. The Kier molecular flexibility index (Phi) is 16.1. The van der Waals surface area contributed by atoms with Crippen LogP contribution in [-0.4, -0.2) is 107 Å². The molecule has 0 radical (unpaired) electrons. The SMILES string of the molecule is CNC(C(=O)NCCCCc1ncc(-c2ccc3nc(-c4ccc5c(c4)CCc4[nH]c(C6CCCN6C(=O)C(NC(=O)OC)C(C)C)nc4-5)ccc3c2)[nH]1)c1ccccc1.O=COC1CCOCC1. The minimum Gasteiger partial charge on any atom is -0.464 e. The molecule has 362 valence electrons. The number of carbonyl (C=O) groups is 4. The number of aromatic nitrogens is 5. The number of nitrogens with zero attached hydrogens (tertiary/aromatic N) is 4. The number of ether oxygens (including phenoxy) is 3. The number of nitrogens with one attached hydrogen (secondary N) is 5. The van der Waals surface area contributed by atoms with E-state index in [-0.39, 0.29) is 35.9 Å². The number of rotatable bonds is 16. The number of benzene rings is 3. The summed E-state index contributed by atoms with van der Waals surface area (Å²) in [5.41, 5.74) is 10.2. The molecule has 5 N–H and O–H groups in total. The zero-order valence-corrected chi connectivity index (χ0v) is 39.9. The molecule has 69 heavy (non-hydrogen) atoms. The number of likely N-dealkylation sites (tertiary alicyclic amines) is 1. The van der Waals surface area contributed by atoms with E-state index in [4.69, 9.17) is 24.2 Å².